The van der Waals surface area contributed by atoms with E-state index in [9.17, 15) is 0 Å². The first-order valence-corrected chi connectivity index (χ1v) is 4.26. The monoisotopic (exact) mass is 124 g/mol. The fourth-order valence-corrected chi connectivity index (χ4v) is 2.69. The fraction of sp³-hybridized carbons (Fsp3) is 1.00. The summed E-state index contributed by atoms with van der Waals surface area (Å²) in [6, 6.07) is 0. The lowest BCUT2D eigenvalue weighted by Crippen LogP contribution is -2.10. The average Bonchev–Trinajstić information content (AvgIpc) is 2.56. The van der Waals surface area contributed by atoms with Crippen molar-refractivity contribution in [3.8, 4) is 0 Å². The van der Waals surface area contributed by atoms with E-state index in [1.54, 1.807) is 0 Å². The van der Waals surface area contributed by atoms with Crippen molar-refractivity contribution < 1.29 is 0 Å². The lowest BCUT2D eigenvalue weighted by molar-refractivity contribution is 0.318. The van der Waals surface area contributed by atoms with Crippen LogP contribution in [0.4, 0.5) is 0 Å². The lowest BCUT2D eigenvalue weighted by atomic mass is 9.88. The van der Waals surface area contributed by atoms with Crippen LogP contribution in [-0.4, -0.2) is 0 Å². The van der Waals surface area contributed by atoms with Gasteiger partial charge in [0.2, 0.25) is 0 Å². The van der Waals surface area contributed by atoms with Crippen LogP contribution in [-0.2, 0) is 0 Å². The van der Waals surface area contributed by atoms with Gasteiger partial charge >= 0.3 is 0 Å². The van der Waals surface area contributed by atoms with Crippen molar-refractivity contribution in [3.63, 3.8) is 0 Å². The van der Waals surface area contributed by atoms with Crippen LogP contribution in [0.3, 0.4) is 0 Å². The molecule has 52 valence electrons. The van der Waals surface area contributed by atoms with Gasteiger partial charge in [-0.2, -0.15) is 0 Å². The van der Waals surface area contributed by atoms with E-state index in [4.69, 9.17) is 0 Å². The number of hydrogen-bond acceptors (Lipinski definition) is 0. The van der Waals surface area contributed by atoms with Crippen LogP contribution in [0.5, 0.6) is 0 Å². The van der Waals surface area contributed by atoms with Crippen molar-refractivity contribution in [1.82, 2.24) is 0 Å². The highest BCUT2D eigenvalue weighted by molar-refractivity contribution is 5.04. The Morgan fingerprint density at radius 3 is 1.67 bits per heavy atom. The third-order valence-electron chi connectivity index (χ3n) is 3.82. The van der Waals surface area contributed by atoms with Crippen LogP contribution in [0.1, 0.15) is 39.5 Å². The molecule has 2 rings (SSSR count). The fourth-order valence-electron chi connectivity index (χ4n) is 2.69. The summed E-state index contributed by atoms with van der Waals surface area (Å²) >= 11 is 0. The van der Waals surface area contributed by atoms with Crippen molar-refractivity contribution in [3.05, 3.63) is 0 Å². The Bertz CT molecular complexity index is 110. The van der Waals surface area contributed by atoms with E-state index in [0.29, 0.717) is 0 Å². The maximum absolute atomic E-state index is 2.44. The van der Waals surface area contributed by atoms with Gasteiger partial charge in [-0.3, -0.25) is 0 Å². The number of hydrogen-bond donors (Lipinski definition) is 0. The predicted molar refractivity (Wildman–Crippen MR) is 39.2 cm³/mol. The van der Waals surface area contributed by atoms with E-state index < -0.39 is 0 Å². The van der Waals surface area contributed by atoms with Gasteiger partial charge < -0.3 is 0 Å². The Morgan fingerprint density at radius 1 is 1.00 bits per heavy atom. The molecule has 1 spiro atoms. The SMILES string of the molecule is CC1CCC(C)C12CC2. The Labute approximate surface area is 57.6 Å². The summed E-state index contributed by atoms with van der Waals surface area (Å²) in [6.45, 7) is 4.88. The third kappa shape index (κ3) is 0.595. The Morgan fingerprint density at radius 2 is 1.44 bits per heavy atom. The molecule has 0 saturated heterocycles. The first kappa shape index (κ1) is 5.76. The Hall–Kier alpha value is 0. The van der Waals surface area contributed by atoms with E-state index >= 15 is 0 Å². The molecule has 9 heavy (non-hydrogen) atoms. The molecule has 2 atom stereocenters. The van der Waals surface area contributed by atoms with Crippen LogP contribution in [0.2, 0.25) is 0 Å². The average molecular weight is 124 g/mol. The van der Waals surface area contributed by atoms with Crippen LogP contribution in [0.25, 0.3) is 0 Å². The summed E-state index contributed by atoms with van der Waals surface area (Å²) in [7, 11) is 0. The van der Waals surface area contributed by atoms with Crippen LogP contribution >= 0.6 is 0 Å². The predicted octanol–water partition coefficient (Wildman–Crippen LogP) is 2.83. The minimum absolute atomic E-state index is 0.861. The first-order valence-electron chi connectivity index (χ1n) is 4.26. The van der Waals surface area contributed by atoms with Gasteiger partial charge in [0.1, 0.15) is 0 Å². The van der Waals surface area contributed by atoms with Gasteiger partial charge in [0.25, 0.3) is 0 Å². The second kappa shape index (κ2) is 1.53. The molecule has 0 heteroatoms. The molecule has 2 saturated carbocycles. The van der Waals surface area contributed by atoms with E-state index in [-0.39, 0.29) is 0 Å². The molecule has 0 radical (unpaired) electrons. The molecular weight excluding hydrogens is 108 g/mol. The van der Waals surface area contributed by atoms with E-state index in [2.05, 4.69) is 13.8 Å². The third-order valence-corrected chi connectivity index (χ3v) is 3.82. The quantitative estimate of drug-likeness (QED) is 0.466. The first-order chi connectivity index (χ1) is 4.26. The summed E-state index contributed by atoms with van der Waals surface area (Å²) in [5.41, 5.74) is 0.861. The second-order valence-corrected chi connectivity index (χ2v) is 4.11. The van der Waals surface area contributed by atoms with Gasteiger partial charge in [0.15, 0.2) is 0 Å². The standard InChI is InChI=1S/C9H16/c1-7-3-4-8(2)9(7)5-6-9/h7-8H,3-6H2,1-2H3. The molecule has 2 aliphatic carbocycles. The molecule has 0 N–H and O–H groups in total. The zero-order chi connectivity index (χ0) is 6.48. The lowest BCUT2D eigenvalue weighted by Gasteiger charge is -2.17. The van der Waals surface area contributed by atoms with Gasteiger partial charge in [-0.15, -0.1) is 0 Å². The number of rotatable bonds is 0. The largest absolute Gasteiger partial charge is 0.0620 e. The summed E-state index contributed by atoms with van der Waals surface area (Å²) < 4.78 is 0. The molecule has 0 aromatic carbocycles. The van der Waals surface area contributed by atoms with Gasteiger partial charge in [-0.25, -0.2) is 0 Å². The molecule has 0 aromatic rings. The van der Waals surface area contributed by atoms with Gasteiger partial charge in [0.05, 0.1) is 0 Å². The van der Waals surface area contributed by atoms with E-state index in [1.165, 1.54) is 25.7 Å². The maximum Gasteiger partial charge on any atom is -0.0246 e. The normalized spacial score (nSPS) is 46.0. The molecule has 0 nitrogen and oxygen atoms in total. The minimum atomic E-state index is 0.861. The highest BCUT2D eigenvalue weighted by atomic mass is 14.6. The molecule has 0 amide bonds. The van der Waals surface area contributed by atoms with Crippen molar-refractivity contribution >= 4 is 0 Å². The topological polar surface area (TPSA) is 0 Å². The minimum Gasteiger partial charge on any atom is -0.0620 e. The molecule has 2 aliphatic rings. The van der Waals surface area contributed by atoms with Gasteiger partial charge in [-0.05, 0) is 42.9 Å². The van der Waals surface area contributed by atoms with Crippen molar-refractivity contribution in [2.75, 3.05) is 0 Å². The summed E-state index contributed by atoms with van der Waals surface area (Å²) in [4.78, 5) is 0. The zero-order valence-corrected chi connectivity index (χ0v) is 6.48. The van der Waals surface area contributed by atoms with Gasteiger partial charge in [0, 0.05) is 0 Å². The van der Waals surface area contributed by atoms with E-state index in [1.807, 2.05) is 0 Å². The van der Waals surface area contributed by atoms with Crippen molar-refractivity contribution in [1.29, 1.82) is 0 Å². The molecule has 0 heterocycles. The van der Waals surface area contributed by atoms with Crippen LogP contribution < -0.4 is 0 Å². The highest BCUT2D eigenvalue weighted by Gasteiger charge is 2.54. The Kier molecular flexibility index (Phi) is 0.980. The highest BCUT2D eigenvalue weighted by Crippen LogP contribution is 2.63. The molecule has 2 fully saturated rings. The van der Waals surface area contributed by atoms with Gasteiger partial charge in [-0.1, -0.05) is 13.8 Å². The maximum atomic E-state index is 2.44. The van der Waals surface area contributed by atoms with E-state index in [0.717, 1.165) is 17.3 Å². The summed E-state index contributed by atoms with van der Waals surface area (Å²) in [6.07, 6.45) is 6.08. The second-order valence-electron chi connectivity index (χ2n) is 4.11. The zero-order valence-electron chi connectivity index (χ0n) is 6.48. The Balaban J connectivity index is 2.17. The molecule has 0 aliphatic heterocycles. The summed E-state index contributed by atoms with van der Waals surface area (Å²) in [5, 5.41) is 0. The van der Waals surface area contributed by atoms with Crippen molar-refractivity contribution in [2.45, 2.75) is 39.5 Å². The smallest absolute Gasteiger partial charge is 0.0246 e. The molecule has 0 bridgehead atoms. The summed E-state index contributed by atoms with van der Waals surface area (Å²) in [5.74, 6) is 2.10. The molecule has 2 unspecified atom stereocenters. The van der Waals surface area contributed by atoms with Crippen molar-refractivity contribution in [2.24, 2.45) is 17.3 Å². The van der Waals surface area contributed by atoms with Crippen LogP contribution in [0, 0.1) is 17.3 Å². The van der Waals surface area contributed by atoms with Crippen LogP contribution in [0.15, 0.2) is 0 Å². The molecular formula is C9H16. The molecule has 0 aromatic heterocycles.